The standard InChI is InChI=1S/C14H23NO/c1-11-4-3-5-14(8-11)12(2)15-9-13-6-7-16-10-13/h6-7,10-12,14-15H,3-5,8-9H2,1-2H3. The molecule has 90 valence electrons. The van der Waals surface area contributed by atoms with E-state index in [0.29, 0.717) is 6.04 Å². The third-order valence-corrected chi connectivity index (χ3v) is 3.89. The summed E-state index contributed by atoms with van der Waals surface area (Å²) in [6, 6.07) is 2.65. The Morgan fingerprint density at radius 2 is 2.38 bits per heavy atom. The van der Waals surface area contributed by atoms with E-state index in [2.05, 4.69) is 19.2 Å². The van der Waals surface area contributed by atoms with Crippen molar-refractivity contribution in [1.29, 1.82) is 0 Å². The molecule has 2 heteroatoms. The number of hydrogen-bond acceptors (Lipinski definition) is 2. The van der Waals surface area contributed by atoms with Crippen LogP contribution in [0.15, 0.2) is 23.0 Å². The predicted molar refractivity (Wildman–Crippen MR) is 66.1 cm³/mol. The van der Waals surface area contributed by atoms with Gasteiger partial charge in [-0.2, -0.15) is 0 Å². The first-order chi connectivity index (χ1) is 7.75. The topological polar surface area (TPSA) is 25.2 Å². The van der Waals surface area contributed by atoms with Gasteiger partial charge in [0.2, 0.25) is 0 Å². The quantitative estimate of drug-likeness (QED) is 0.840. The molecule has 16 heavy (non-hydrogen) atoms. The highest BCUT2D eigenvalue weighted by molar-refractivity contribution is 5.04. The summed E-state index contributed by atoms with van der Waals surface area (Å²) >= 11 is 0. The van der Waals surface area contributed by atoms with E-state index in [1.165, 1.54) is 31.2 Å². The van der Waals surface area contributed by atoms with Gasteiger partial charge in [0.15, 0.2) is 0 Å². The molecular formula is C14H23NO. The van der Waals surface area contributed by atoms with E-state index in [1.807, 2.05) is 12.3 Å². The highest BCUT2D eigenvalue weighted by Crippen LogP contribution is 2.30. The first-order valence-electron chi connectivity index (χ1n) is 6.50. The van der Waals surface area contributed by atoms with Crippen LogP contribution in [0.1, 0.15) is 45.1 Å². The Hall–Kier alpha value is -0.760. The monoisotopic (exact) mass is 221 g/mol. The molecule has 0 spiro atoms. The SMILES string of the molecule is CC1CCCC(C(C)NCc2ccoc2)C1. The first-order valence-corrected chi connectivity index (χ1v) is 6.50. The van der Waals surface area contributed by atoms with Gasteiger partial charge in [0.05, 0.1) is 12.5 Å². The molecule has 0 saturated heterocycles. The van der Waals surface area contributed by atoms with Crippen molar-refractivity contribution in [3.63, 3.8) is 0 Å². The van der Waals surface area contributed by atoms with Gasteiger partial charge in [-0.3, -0.25) is 0 Å². The van der Waals surface area contributed by atoms with Crippen LogP contribution in [-0.4, -0.2) is 6.04 Å². The zero-order valence-corrected chi connectivity index (χ0v) is 10.4. The summed E-state index contributed by atoms with van der Waals surface area (Å²) in [7, 11) is 0. The largest absolute Gasteiger partial charge is 0.472 e. The second-order valence-corrected chi connectivity index (χ2v) is 5.33. The smallest absolute Gasteiger partial charge is 0.0947 e. The minimum absolute atomic E-state index is 0.623. The van der Waals surface area contributed by atoms with Crippen LogP contribution in [0, 0.1) is 11.8 Å². The molecule has 0 radical (unpaired) electrons. The molecule has 3 unspecified atom stereocenters. The second kappa shape index (κ2) is 5.53. The lowest BCUT2D eigenvalue weighted by atomic mass is 9.79. The third-order valence-electron chi connectivity index (χ3n) is 3.89. The van der Waals surface area contributed by atoms with Gasteiger partial charge in [-0.05, 0) is 37.7 Å². The van der Waals surface area contributed by atoms with E-state index in [-0.39, 0.29) is 0 Å². The van der Waals surface area contributed by atoms with Crippen molar-refractivity contribution in [2.24, 2.45) is 11.8 Å². The summed E-state index contributed by atoms with van der Waals surface area (Å²) in [4.78, 5) is 0. The minimum atomic E-state index is 0.623. The molecule has 0 aromatic carbocycles. The lowest BCUT2D eigenvalue weighted by Crippen LogP contribution is -2.35. The predicted octanol–water partition coefficient (Wildman–Crippen LogP) is 3.58. The van der Waals surface area contributed by atoms with Gasteiger partial charge in [0.1, 0.15) is 0 Å². The molecule has 1 N–H and O–H groups in total. The first kappa shape index (κ1) is 11.7. The lowest BCUT2D eigenvalue weighted by molar-refractivity contribution is 0.230. The van der Waals surface area contributed by atoms with Crippen molar-refractivity contribution in [1.82, 2.24) is 5.32 Å². The fourth-order valence-electron chi connectivity index (χ4n) is 2.77. The Balaban J connectivity index is 1.76. The fraction of sp³-hybridized carbons (Fsp3) is 0.714. The molecule has 1 heterocycles. The van der Waals surface area contributed by atoms with Crippen LogP contribution in [0.4, 0.5) is 0 Å². The van der Waals surface area contributed by atoms with Crippen molar-refractivity contribution in [2.75, 3.05) is 0 Å². The second-order valence-electron chi connectivity index (χ2n) is 5.33. The van der Waals surface area contributed by atoms with E-state index in [9.17, 15) is 0 Å². The van der Waals surface area contributed by atoms with Gasteiger partial charge < -0.3 is 9.73 Å². The summed E-state index contributed by atoms with van der Waals surface area (Å²) < 4.78 is 5.07. The van der Waals surface area contributed by atoms with Crippen LogP contribution in [-0.2, 0) is 6.54 Å². The summed E-state index contributed by atoms with van der Waals surface area (Å²) in [5, 5.41) is 3.62. The molecule has 1 aromatic rings. The highest BCUT2D eigenvalue weighted by Gasteiger charge is 2.23. The molecule has 1 aromatic heterocycles. The molecule has 1 fully saturated rings. The van der Waals surface area contributed by atoms with Gasteiger partial charge in [0, 0.05) is 18.2 Å². The van der Waals surface area contributed by atoms with E-state index in [4.69, 9.17) is 4.42 Å². The number of nitrogens with one attached hydrogen (secondary N) is 1. The molecule has 2 nitrogen and oxygen atoms in total. The molecule has 1 aliphatic carbocycles. The fourth-order valence-corrected chi connectivity index (χ4v) is 2.77. The highest BCUT2D eigenvalue weighted by atomic mass is 16.3. The van der Waals surface area contributed by atoms with E-state index in [1.54, 1.807) is 6.26 Å². The van der Waals surface area contributed by atoms with Crippen molar-refractivity contribution in [3.8, 4) is 0 Å². The zero-order valence-electron chi connectivity index (χ0n) is 10.4. The van der Waals surface area contributed by atoms with E-state index in [0.717, 1.165) is 18.4 Å². The molecule has 0 bridgehead atoms. The van der Waals surface area contributed by atoms with Crippen LogP contribution in [0.3, 0.4) is 0 Å². The Morgan fingerprint density at radius 3 is 3.06 bits per heavy atom. The average molecular weight is 221 g/mol. The number of hydrogen-bond donors (Lipinski definition) is 1. The van der Waals surface area contributed by atoms with Crippen LogP contribution < -0.4 is 5.32 Å². The average Bonchev–Trinajstić information content (AvgIpc) is 2.78. The Labute approximate surface area is 98.4 Å². The minimum Gasteiger partial charge on any atom is -0.472 e. The zero-order chi connectivity index (χ0) is 11.4. The normalized spacial score (nSPS) is 27.9. The lowest BCUT2D eigenvalue weighted by Gasteiger charge is -2.31. The van der Waals surface area contributed by atoms with Gasteiger partial charge in [-0.1, -0.05) is 19.8 Å². The Morgan fingerprint density at radius 1 is 1.50 bits per heavy atom. The maximum Gasteiger partial charge on any atom is 0.0947 e. The maximum absolute atomic E-state index is 5.07. The number of furan rings is 1. The molecule has 0 aliphatic heterocycles. The molecule has 3 atom stereocenters. The summed E-state index contributed by atoms with van der Waals surface area (Å²) in [6.45, 7) is 5.64. The van der Waals surface area contributed by atoms with Gasteiger partial charge in [0.25, 0.3) is 0 Å². The van der Waals surface area contributed by atoms with Gasteiger partial charge >= 0.3 is 0 Å². The van der Waals surface area contributed by atoms with Crippen LogP contribution >= 0.6 is 0 Å². The van der Waals surface area contributed by atoms with Crippen molar-refractivity contribution < 1.29 is 4.42 Å². The van der Waals surface area contributed by atoms with Crippen molar-refractivity contribution in [2.45, 2.75) is 52.1 Å². The maximum atomic E-state index is 5.07. The summed E-state index contributed by atoms with van der Waals surface area (Å²) in [6.07, 6.45) is 9.17. The van der Waals surface area contributed by atoms with Crippen molar-refractivity contribution >= 4 is 0 Å². The van der Waals surface area contributed by atoms with Crippen molar-refractivity contribution in [3.05, 3.63) is 24.2 Å². The van der Waals surface area contributed by atoms with Gasteiger partial charge in [-0.15, -0.1) is 0 Å². The van der Waals surface area contributed by atoms with Crippen LogP contribution in [0.25, 0.3) is 0 Å². The van der Waals surface area contributed by atoms with E-state index >= 15 is 0 Å². The summed E-state index contributed by atoms with van der Waals surface area (Å²) in [5.74, 6) is 1.77. The molecular weight excluding hydrogens is 198 g/mol. The molecule has 0 amide bonds. The van der Waals surface area contributed by atoms with Crippen LogP contribution in [0.5, 0.6) is 0 Å². The Kier molecular flexibility index (Phi) is 4.05. The molecule has 1 aliphatic rings. The molecule has 1 saturated carbocycles. The van der Waals surface area contributed by atoms with E-state index < -0.39 is 0 Å². The van der Waals surface area contributed by atoms with Crippen LogP contribution in [0.2, 0.25) is 0 Å². The summed E-state index contributed by atoms with van der Waals surface area (Å²) in [5.41, 5.74) is 1.25. The number of rotatable bonds is 4. The third kappa shape index (κ3) is 3.11. The Bertz CT molecular complexity index is 294. The van der Waals surface area contributed by atoms with Gasteiger partial charge in [-0.25, -0.2) is 0 Å². The molecule has 2 rings (SSSR count).